The average molecular weight is 157 g/mol. The normalized spacial score (nSPS) is 18.9. The lowest BCUT2D eigenvalue weighted by atomic mass is 10.0. The molecule has 0 fully saturated rings. The Kier molecular flexibility index (Phi) is 5.16. The van der Waals surface area contributed by atoms with Crippen molar-refractivity contribution in [2.24, 2.45) is 5.92 Å². The lowest BCUT2D eigenvalue weighted by molar-refractivity contribution is 0.205. The molecule has 3 atom stereocenters. The topological polar surface area (TPSA) is 32.3 Å². The monoisotopic (exact) mass is 157 g/mol. The molecule has 0 aliphatic rings. The Hall–Kier alpha value is -0.340. The largest absolute Gasteiger partial charge is 0.396 e. The molecule has 0 heterocycles. The lowest BCUT2D eigenvalue weighted by Gasteiger charge is -2.21. The summed E-state index contributed by atoms with van der Waals surface area (Å²) in [7, 11) is 0. The summed E-state index contributed by atoms with van der Waals surface area (Å²) in [6.45, 7) is 10.0. The minimum absolute atomic E-state index is 0.234. The first kappa shape index (κ1) is 10.7. The van der Waals surface area contributed by atoms with E-state index in [4.69, 9.17) is 5.11 Å². The van der Waals surface area contributed by atoms with Crippen LogP contribution in [-0.2, 0) is 0 Å². The van der Waals surface area contributed by atoms with Gasteiger partial charge >= 0.3 is 0 Å². The number of hydrogen-bond acceptors (Lipinski definition) is 2. The van der Waals surface area contributed by atoms with Crippen molar-refractivity contribution in [3.63, 3.8) is 0 Å². The van der Waals surface area contributed by atoms with Crippen molar-refractivity contribution in [1.82, 2.24) is 5.32 Å². The van der Waals surface area contributed by atoms with Gasteiger partial charge < -0.3 is 10.4 Å². The summed E-state index contributed by atoms with van der Waals surface area (Å²) in [5.41, 5.74) is 0. The van der Waals surface area contributed by atoms with Gasteiger partial charge in [-0.15, -0.1) is 6.58 Å². The summed E-state index contributed by atoms with van der Waals surface area (Å²) in [5.74, 6) is 0.303. The van der Waals surface area contributed by atoms with Gasteiger partial charge in [-0.05, 0) is 19.8 Å². The van der Waals surface area contributed by atoms with Gasteiger partial charge in [-0.25, -0.2) is 0 Å². The van der Waals surface area contributed by atoms with Crippen molar-refractivity contribution in [1.29, 1.82) is 0 Å². The van der Waals surface area contributed by atoms with Gasteiger partial charge in [-0.1, -0.05) is 13.0 Å². The molecule has 0 saturated carbocycles. The highest BCUT2D eigenvalue weighted by molar-refractivity contribution is 4.84. The van der Waals surface area contributed by atoms with E-state index < -0.39 is 0 Å². The molecule has 2 N–H and O–H groups in total. The molecule has 0 aromatic rings. The van der Waals surface area contributed by atoms with Gasteiger partial charge in [0, 0.05) is 18.7 Å². The fourth-order valence-electron chi connectivity index (χ4n) is 0.805. The van der Waals surface area contributed by atoms with Gasteiger partial charge in [0.05, 0.1) is 0 Å². The van der Waals surface area contributed by atoms with Crippen LogP contribution in [0.25, 0.3) is 0 Å². The van der Waals surface area contributed by atoms with Gasteiger partial charge in [0.2, 0.25) is 0 Å². The zero-order valence-corrected chi connectivity index (χ0v) is 7.67. The Morgan fingerprint density at radius 3 is 2.36 bits per heavy atom. The van der Waals surface area contributed by atoms with Crippen LogP contribution in [0.4, 0.5) is 0 Å². The second kappa shape index (κ2) is 5.33. The molecule has 0 spiro atoms. The lowest BCUT2D eigenvalue weighted by Crippen LogP contribution is -2.38. The van der Waals surface area contributed by atoms with Crippen molar-refractivity contribution in [2.75, 3.05) is 6.61 Å². The van der Waals surface area contributed by atoms with Gasteiger partial charge in [-0.3, -0.25) is 0 Å². The van der Waals surface area contributed by atoms with E-state index >= 15 is 0 Å². The van der Waals surface area contributed by atoms with Crippen LogP contribution < -0.4 is 5.32 Å². The van der Waals surface area contributed by atoms with Crippen LogP contribution in [0.2, 0.25) is 0 Å². The minimum Gasteiger partial charge on any atom is -0.396 e. The van der Waals surface area contributed by atoms with Crippen LogP contribution >= 0.6 is 0 Å². The molecule has 0 amide bonds. The van der Waals surface area contributed by atoms with Gasteiger partial charge in [0.1, 0.15) is 0 Å². The van der Waals surface area contributed by atoms with Crippen molar-refractivity contribution in [3.05, 3.63) is 12.7 Å². The highest BCUT2D eigenvalue weighted by Gasteiger charge is 2.11. The molecule has 0 saturated heterocycles. The minimum atomic E-state index is 0.234. The summed E-state index contributed by atoms with van der Waals surface area (Å²) in [6.07, 6.45) is 1.86. The molecule has 2 heteroatoms. The maximum absolute atomic E-state index is 8.82. The summed E-state index contributed by atoms with van der Waals surface area (Å²) >= 11 is 0. The molecule has 0 aromatic heterocycles. The zero-order valence-electron chi connectivity index (χ0n) is 7.67. The Morgan fingerprint density at radius 2 is 2.00 bits per heavy atom. The Morgan fingerprint density at radius 1 is 1.45 bits per heavy atom. The summed E-state index contributed by atoms with van der Waals surface area (Å²) in [6, 6.07) is 0.659. The van der Waals surface area contributed by atoms with Crippen LogP contribution in [0.5, 0.6) is 0 Å². The summed E-state index contributed by atoms with van der Waals surface area (Å²) in [4.78, 5) is 0. The molecule has 0 aromatic carbocycles. The Bertz CT molecular complexity index is 114. The Labute approximate surface area is 69.3 Å². The molecular formula is C9H19NO. The van der Waals surface area contributed by atoms with E-state index in [0.29, 0.717) is 18.0 Å². The van der Waals surface area contributed by atoms with E-state index in [9.17, 15) is 0 Å². The smallest absolute Gasteiger partial charge is 0.0471 e. The van der Waals surface area contributed by atoms with Crippen LogP contribution in [0.1, 0.15) is 20.8 Å². The van der Waals surface area contributed by atoms with Crippen LogP contribution in [0, 0.1) is 5.92 Å². The maximum atomic E-state index is 8.82. The number of aliphatic hydroxyl groups excluding tert-OH is 1. The molecule has 0 rings (SSSR count). The standard InChI is InChI=1S/C9H19NO/c1-5-8(3)10-9(4)7(2)6-11/h5,7-11H,1,6H2,2-4H3. The summed E-state index contributed by atoms with van der Waals surface area (Å²) < 4.78 is 0. The fourth-order valence-corrected chi connectivity index (χ4v) is 0.805. The Balaban J connectivity index is 3.66. The van der Waals surface area contributed by atoms with E-state index in [1.165, 1.54) is 0 Å². The van der Waals surface area contributed by atoms with Gasteiger partial charge in [0.15, 0.2) is 0 Å². The second-order valence-corrected chi connectivity index (χ2v) is 3.14. The molecule has 2 nitrogen and oxygen atoms in total. The first-order valence-corrected chi connectivity index (χ1v) is 4.11. The summed E-state index contributed by atoms with van der Waals surface area (Å²) in [5, 5.41) is 12.1. The van der Waals surface area contributed by atoms with Crippen molar-refractivity contribution in [2.45, 2.75) is 32.9 Å². The van der Waals surface area contributed by atoms with Crippen molar-refractivity contribution in [3.8, 4) is 0 Å². The predicted molar refractivity (Wildman–Crippen MR) is 48.5 cm³/mol. The van der Waals surface area contributed by atoms with Crippen LogP contribution in [0.3, 0.4) is 0 Å². The predicted octanol–water partition coefficient (Wildman–Crippen LogP) is 1.17. The van der Waals surface area contributed by atoms with Crippen LogP contribution in [-0.4, -0.2) is 23.8 Å². The molecule has 66 valence electrons. The first-order chi connectivity index (χ1) is 5.11. The van der Waals surface area contributed by atoms with E-state index in [1.807, 2.05) is 19.9 Å². The van der Waals surface area contributed by atoms with E-state index in [-0.39, 0.29) is 6.61 Å². The first-order valence-electron chi connectivity index (χ1n) is 4.11. The highest BCUT2D eigenvalue weighted by atomic mass is 16.3. The number of hydrogen-bond donors (Lipinski definition) is 2. The van der Waals surface area contributed by atoms with Crippen molar-refractivity contribution >= 4 is 0 Å². The van der Waals surface area contributed by atoms with Crippen molar-refractivity contribution < 1.29 is 5.11 Å². The third-order valence-electron chi connectivity index (χ3n) is 2.02. The number of nitrogens with one attached hydrogen (secondary N) is 1. The molecule has 11 heavy (non-hydrogen) atoms. The third kappa shape index (κ3) is 4.17. The molecule has 3 unspecified atom stereocenters. The molecule has 0 radical (unpaired) electrons. The van der Waals surface area contributed by atoms with Crippen LogP contribution in [0.15, 0.2) is 12.7 Å². The average Bonchev–Trinajstić information content (AvgIpc) is 2.02. The number of rotatable bonds is 5. The van der Waals surface area contributed by atoms with E-state index in [2.05, 4.69) is 18.8 Å². The second-order valence-electron chi connectivity index (χ2n) is 3.14. The maximum Gasteiger partial charge on any atom is 0.0471 e. The third-order valence-corrected chi connectivity index (χ3v) is 2.02. The zero-order chi connectivity index (χ0) is 8.85. The highest BCUT2D eigenvalue weighted by Crippen LogP contribution is 2.01. The van der Waals surface area contributed by atoms with E-state index in [0.717, 1.165) is 0 Å². The van der Waals surface area contributed by atoms with Gasteiger partial charge in [-0.2, -0.15) is 0 Å². The molecular weight excluding hydrogens is 138 g/mol. The SMILES string of the molecule is C=CC(C)NC(C)C(C)CO. The van der Waals surface area contributed by atoms with E-state index in [1.54, 1.807) is 0 Å². The molecule has 0 aliphatic heterocycles. The molecule has 0 bridgehead atoms. The molecule has 0 aliphatic carbocycles. The number of aliphatic hydroxyl groups is 1. The quantitative estimate of drug-likeness (QED) is 0.587. The van der Waals surface area contributed by atoms with Gasteiger partial charge in [0.25, 0.3) is 0 Å². The fraction of sp³-hybridized carbons (Fsp3) is 0.778.